The van der Waals surface area contributed by atoms with Gasteiger partial charge >= 0.3 is 0 Å². The molecule has 0 spiro atoms. The average molecular weight is 301 g/mol. The number of methoxy groups -OCH3 is 1. The molecule has 2 heterocycles. The van der Waals surface area contributed by atoms with Gasteiger partial charge in [-0.3, -0.25) is 14.2 Å². The Kier molecular flexibility index (Phi) is 4.61. The molecule has 0 radical (unpaired) electrons. The van der Waals surface area contributed by atoms with Gasteiger partial charge in [0.1, 0.15) is 6.54 Å². The first kappa shape index (κ1) is 14.8. The third-order valence-electron chi connectivity index (χ3n) is 3.32. The van der Waals surface area contributed by atoms with Crippen molar-refractivity contribution in [2.75, 3.05) is 40.3 Å². The normalized spacial score (nSPS) is 16.2. The minimum atomic E-state index is -0.449. The standard InChI is InChI=1S/C12H17ClN4O3/c1-15-3-5-16(6-4-15)9(18)7-17-8-14-11(13)10(20-2)12(17)19/h8H,3-7H2,1-2H3. The number of carbonyl (C=O) groups is 1. The quantitative estimate of drug-likeness (QED) is 0.716. The number of hydrogen-bond donors (Lipinski definition) is 0. The molecule has 1 aromatic rings. The molecule has 7 nitrogen and oxygen atoms in total. The Labute approximate surface area is 121 Å². The first-order valence-corrected chi connectivity index (χ1v) is 6.66. The van der Waals surface area contributed by atoms with Crippen LogP contribution in [0.15, 0.2) is 11.1 Å². The highest BCUT2D eigenvalue weighted by Gasteiger charge is 2.20. The van der Waals surface area contributed by atoms with E-state index in [1.807, 2.05) is 7.05 Å². The van der Waals surface area contributed by atoms with Gasteiger partial charge < -0.3 is 14.5 Å². The first-order valence-electron chi connectivity index (χ1n) is 6.28. The van der Waals surface area contributed by atoms with Gasteiger partial charge in [-0.25, -0.2) is 4.98 Å². The number of aromatic nitrogens is 2. The highest BCUT2D eigenvalue weighted by atomic mass is 35.5. The monoisotopic (exact) mass is 300 g/mol. The summed E-state index contributed by atoms with van der Waals surface area (Å²) in [6.45, 7) is 2.96. The molecular weight excluding hydrogens is 284 g/mol. The fourth-order valence-corrected chi connectivity index (χ4v) is 2.24. The molecule has 0 bridgehead atoms. The fraction of sp³-hybridized carbons (Fsp3) is 0.583. The zero-order valence-corrected chi connectivity index (χ0v) is 12.3. The summed E-state index contributed by atoms with van der Waals surface area (Å²) in [5, 5.41) is 0.000737. The predicted octanol–water partition coefficient (Wildman–Crippen LogP) is -0.321. The Morgan fingerprint density at radius 1 is 1.40 bits per heavy atom. The van der Waals surface area contributed by atoms with Gasteiger partial charge in [0, 0.05) is 26.2 Å². The molecule has 1 aliphatic heterocycles. The molecule has 0 unspecified atom stereocenters. The second-order valence-electron chi connectivity index (χ2n) is 4.69. The summed E-state index contributed by atoms with van der Waals surface area (Å²) in [5.41, 5.74) is -0.449. The lowest BCUT2D eigenvalue weighted by molar-refractivity contribution is -0.133. The average Bonchev–Trinajstić information content (AvgIpc) is 2.43. The Bertz CT molecular complexity index is 552. The van der Waals surface area contributed by atoms with Crippen LogP contribution in [0.1, 0.15) is 0 Å². The molecule has 1 aromatic heterocycles. The second-order valence-corrected chi connectivity index (χ2v) is 5.04. The van der Waals surface area contributed by atoms with Crippen molar-refractivity contribution in [2.45, 2.75) is 6.54 Å². The third-order valence-corrected chi connectivity index (χ3v) is 3.59. The van der Waals surface area contributed by atoms with E-state index in [1.54, 1.807) is 4.90 Å². The van der Waals surface area contributed by atoms with Gasteiger partial charge in [-0.1, -0.05) is 11.6 Å². The number of carbonyl (C=O) groups excluding carboxylic acids is 1. The van der Waals surface area contributed by atoms with E-state index in [4.69, 9.17) is 16.3 Å². The Balaban J connectivity index is 2.10. The molecule has 0 aliphatic carbocycles. The molecule has 1 fully saturated rings. The summed E-state index contributed by atoms with van der Waals surface area (Å²) in [7, 11) is 3.36. The van der Waals surface area contributed by atoms with Crippen LogP contribution in [0.2, 0.25) is 5.15 Å². The van der Waals surface area contributed by atoms with E-state index in [2.05, 4.69) is 9.88 Å². The van der Waals surface area contributed by atoms with Gasteiger partial charge in [0.2, 0.25) is 11.7 Å². The van der Waals surface area contributed by atoms with Gasteiger partial charge in [0.15, 0.2) is 5.15 Å². The fourth-order valence-electron chi connectivity index (χ4n) is 2.04. The molecule has 0 N–H and O–H groups in total. The van der Waals surface area contributed by atoms with Crippen LogP contribution in [0.4, 0.5) is 0 Å². The maximum atomic E-state index is 12.2. The second kappa shape index (κ2) is 6.23. The summed E-state index contributed by atoms with van der Waals surface area (Å²) >= 11 is 5.75. The highest BCUT2D eigenvalue weighted by molar-refractivity contribution is 6.30. The van der Waals surface area contributed by atoms with Gasteiger partial charge in [0.25, 0.3) is 5.56 Å². The van der Waals surface area contributed by atoms with E-state index in [-0.39, 0.29) is 23.4 Å². The minimum absolute atomic E-state index is 0.000737. The molecule has 110 valence electrons. The lowest BCUT2D eigenvalue weighted by atomic mass is 10.3. The number of piperazine rings is 1. The zero-order valence-electron chi connectivity index (χ0n) is 11.5. The van der Waals surface area contributed by atoms with Crippen LogP contribution < -0.4 is 10.3 Å². The summed E-state index contributed by atoms with van der Waals surface area (Å²) < 4.78 is 6.11. The zero-order chi connectivity index (χ0) is 14.7. The maximum Gasteiger partial charge on any atom is 0.297 e. The molecule has 8 heteroatoms. The SMILES string of the molecule is COc1c(Cl)ncn(CC(=O)N2CCN(C)CC2)c1=O. The van der Waals surface area contributed by atoms with E-state index in [0.717, 1.165) is 13.1 Å². The van der Waals surface area contributed by atoms with Crippen molar-refractivity contribution in [3.8, 4) is 5.75 Å². The Hall–Kier alpha value is -1.60. The van der Waals surface area contributed by atoms with Crippen molar-refractivity contribution < 1.29 is 9.53 Å². The van der Waals surface area contributed by atoms with Crippen LogP contribution >= 0.6 is 11.6 Å². The molecule has 0 saturated carbocycles. The number of amides is 1. The Morgan fingerprint density at radius 3 is 2.65 bits per heavy atom. The number of rotatable bonds is 3. The van der Waals surface area contributed by atoms with E-state index in [0.29, 0.717) is 13.1 Å². The van der Waals surface area contributed by atoms with Crippen molar-refractivity contribution in [3.05, 3.63) is 21.8 Å². The van der Waals surface area contributed by atoms with Crippen LogP contribution in [0.5, 0.6) is 5.75 Å². The molecular formula is C12H17ClN4O3. The van der Waals surface area contributed by atoms with Crippen molar-refractivity contribution in [1.82, 2.24) is 19.4 Å². The molecule has 2 rings (SSSR count). The maximum absolute atomic E-state index is 12.2. The van der Waals surface area contributed by atoms with Gasteiger partial charge in [-0.15, -0.1) is 0 Å². The Morgan fingerprint density at radius 2 is 2.05 bits per heavy atom. The van der Waals surface area contributed by atoms with Gasteiger partial charge in [-0.05, 0) is 7.05 Å². The molecule has 0 atom stereocenters. The highest BCUT2D eigenvalue weighted by Crippen LogP contribution is 2.14. The summed E-state index contributed by atoms with van der Waals surface area (Å²) in [6.07, 6.45) is 1.27. The first-order chi connectivity index (χ1) is 9.52. The van der Waals surface area contributed by atoms with Gasteiger partial charge in [0.05, 0.1) is 13.4 Å². The predicted molar refractivity (Wildman–Crippen MR) is 74.1 cm³/mol. The summed E-state index contributed by atoms with van der Waals surface area (Å²) in [5.74, 6) is -0.147. The molecule has 1 amide bonds. The molecule has 0 aromatic carbocycles. The smallest absolute Gasteiger partial charge is 0.297 e. The van der Waals surface area contributed by atoms with E-state index in [9.17, 15) is 9.59 Å². The van der Waals surface area contributed by atoms with Crippen LogP contribution in [0, 0.1) is 0 Å². The molecule has 1 aliphatic rings. The van der Waals surface area contributed by atoms with Crippen molar-refractivity contribution in [1.29, 1.82) is 0 Å². The van der Waals surface area contributed by atoms with E-state index < -0.39 is 5.56 Å². The van der Waals surface area contributed by atoms with Crippen LogP contribution in [-0.4, -0.2) is 65.6 Å². The van der Waals surface area contributed by atoms with Crippen molar-refractivity contribution in [3.63, 3.8) is 0 Å². The van der Waals surface area contributed by atoms with E-state index >= 15 is 0 Å². The number of halogens is 1. The largest absolute Gasteiger partial charge is 0.489 e. The summed E-state index contributed by atoms with van der Waals surface area (Å²) in [4.78, 5) is 31.9. The number of nitrogens with zero attached hydrogens (tertiary/aromatic N) is 4. The topological polar surface area (TPSA) is 67.7 Å². The van der Waals surface area contributed by atoms with E-state index in [1.165, 1.54) is 18.0 Å². The lowest BCUT2D eigenvalue weighted by Gasteiger charge is -2.32. The molecule has 1 saturated heterocycles. The lowest BCUT2D eigenvalue weighted by Crippen LogP contribution is -2.48. The van der Waals surface area contributed by atoms with Gasteiger partial charge in [-0.2, -0.15) is 0 Å². The van der Waals surface area contributed by atoms with Crippen LogP contribution in [0.25, 0.3) is 0 Å². The number of ether oxygens (including phenoxy) is 1. The van der Waals surface area contributed by atoms with Crippen molar-refractivity contribution in [2.24, 2.45) is 0 Å². The van der Waals surface area contributed by atoms with Crippen LogP contribution in [-0.2, 0) is 11.3 Å². The third kappa shape index (κ3) is 3.10. The number of likely N-dealkylation sites (N-methyl/N-ethyl adjacent to an activating group) is 1. The van der Waals surface area contributed by atoms with Crippen LogP contribution in [0.3, 0.4) is 0 Å². The van der Waals surface area contributed by atoms with Crippen molar-refractivity contribution >= 4 is 17.5 Å². The minimum Gasteiger partial charge on any atom is -0.489 e. The summed E-state index contributed by atoms with van der Waals surface area (Å²) in [6, 6.07) is 0. The number of hydrogen-bond acceptors (Lipinski definition) is 5. The molecule has 20 heavy (non-hydrogen) atoms.